The first kappa shape index (κ1) is 14.5. The van der Waals surface area contributed by atoms with Gasteiger partial charge >= 0.3 is 12.0 Å². The second-order valence-electron chi connectivity index (χ2n) is 5.15. The molecule has 0 aromatic heterocycles. The van der Waals surface area contributed by atoms with E-state index >= 15 is 0 Å². The van der Waals surface area contributed by atoms with Crippen LogP contribution in [0.1, 0.15) is 33.6 Å². The lowest BCUT2D eigenvalue weighted by molar-refractivity contribution is -0.147. The molecule has 0 saturated carbocycles. The first-order valence-electron chi connectivity index (χ1n) is 6.27. The average molecular weight is 254 g/mol. The number of hydrogen-bond acceptors (Lipinski definition) is 2. The first-order chi connectivity index (χ1) is 8.34. The van der Waals surface area contributed by atoms with Gasteiger partial charge in [0.15, 0.2) is 0 Å². The van der Waals surface area contributed by atoms with Gasteiger partial charge in [0.2, 0.25) is 0 Å². The Kier molecular flexibility index (Phi) is 4.38. The standard InChI is InChI=1S/C13H22N2O3/c1-5-8-14(10(2)3)12(18)15-9-6-7-13(15,4)11(16)17/h5,10H,1,6-9H2,2-4H3,(H,16,17). The topological polar surface area (TPSA) is 60.9 Å². The van der Waals surface area contributed by atoms with Gasteiger partial charge in [-0.15, -0.1) is 6.58 Å². The first-order valence-corrected chi connectivity index (χ1v) is 6.27. The predicted octanol–water partition coefficient (Wildman–Crippen LogP) is 1.94. The molecule has 1 heterocycles. The minimum absolute atomic E-state index is 0.0224. The summed E-state index contributed by atoms with van der Waals surface area (Å²) in [7, 11) is 0. The van der Waals surface area contributed by atoms with Gasteiger partial charge in [0.25, 0.3) is 0 Å². The van der Waals surface area contributed by atoms with Crippen LogP contribution in [0.2, 0.25) is 0 Å². The van der Waals surface area contributed by atoms with E-state index in [0.717, 1.165) is 6.42 Å². The summed E-state index contributed by atoms with van der Waals surface area (Å²) in [5.74, 6) is -0.935. The second-order valence-corrected chi connectivity index (χ2v) is 5.15. The third kappa shape index (κ3) is 2.49. The van der Waals surface area contributed by atoms with E-state index in [2.05, 4.69) is 6.58 Å². The summed E-state index contributed by atoms with van der Waals surface area (Å²) in [4.78, 5) is 26.9. The maximum absolute atomic E-state index is 12.4. The van der Waals surface area contributed by atoms with E-state index in [0.29, 0.717) is 19.5 Å². The Balaban J connectivity index is 2.94. The van der Waals surface area contributed by atoms with Gasteiger partial charge in [0.1, 0.15) is 5.54 Å². The van der Waals surface area contributed by atoms with Crippen LogP contribution in [0.4, 0.5) is 4.79 Å². The van der Waals surface area contributed by atoms with Crippen molar-refractivity contribution < 1.29 is 14.7 Å². The zero-order valence-electron chi connectivity index (χ0n) is 11.3. The molecule has 1 saturated heterocycles. The minimum Gasteiger partial charge on any atom is -0.480 e. The summed E-state index contributed by atoms with van der Waals surface area (Å²) < 4.78 is 0. The molecule has 1 N–H and O–H groups in total. The van der Waals surface area contributed by atoms with Crippen LogP contribution in [0.15, 0.2) is 12.7 Å². The van der Waals surface area contributed by atoms with Crippen LogP contribution in [0.25, 0.3) is 0 Å². The summed E-state index contributed by atoms with van der Waals surface area (Å²) in [5.41, 5.74) is -1.08. The molecule has 0 spiro atoms. The van der Waals surface area contributed by atoms with Crippen LogP contribution in [0.3, 0.4) is 0 Å². The van der Waals surface area contributed by atoms with Gasteiger partial charge in [-0.05, 0) is 33.6 Å². The number of carbonyl (C=O) groups is 2. The quantitative estimate of drug-likeness (QED) is 0.780. The molecule has 18 heavy (non-hydrogen) atoms. The molecule has 1 rings (SSSR count). The number of likely N-dealkylation sites (tertiary alicyclic amines) is 1. The fourth-order valence-electron chi connectivity index (χ4n) is 2.30. The smallest absolute Gasteiger partial charge is 0.329 e. The van der Waals surface area contributed by atoms with Crippen LogP contribution in [0.5, 0.6) is 0 Å². The summed E-state index contributed by atoms with van der Waals surface area (Å²) in [5, 5.41) is 9.31. The van der Waals surface area contributed by atoms with Crippen molar-refractivity contribution in [3.05, 3.63) is 12.7 Å². The van der Waals surface area contributed by atoms with Crippen molar-refractivity contribution in [3.63, 3.8) is 0 Å². The van der Waals surface area contributed by atoms with Crippen LogP contribution in [-0.4, -0.2) is 51.6 Å². The predicted molar refractivity (Wildman–Crippen MR) is 69.4 cm³/mol. The molecule has 0 radical (unpaired) electrons. The van der Waals surface area contributed by atoms with E-state index in [1.54, 1.807) is 17.9 Å². The van der Waals surface area contributed by atoms with Crippen molar-refractivity contribution in [2.75, 3.05) is 13.1 Å². The number of rotatable bonds is 4. The Morgan fingerprint density at radius 3 is 2.61 bits per heavy atom. The van der Waals surface area contributed by atoms with E-state index in [-0.39, 0.29) is 12.1 Å². The molecular weight excluding hydrogens is 232 g/mol. The molecule has 2 amide bonds. The molecule has 1 unspecified atom stereocenters. The molecule has 0 bridgehead atoms. The number of aliphatic carboxylic acids is 1. The molecule has 1 aliphatic rings. The fourth-order valence-corrected chi connectivity index (χ4v) is 2.30. The van der Waals surface area contributed by atoms with Crippen molar-refractivity contribution in [1.29, 1.82) is 0 Å². The summed E-state index contributed by atoms with van der Waals surface area (Å²) in [6, 6.07) is -0.193. The summed E-state index contributed by atoms with van der Waals surface area (Å²) in [6.45, 7) is 10.0. The molecule has 0 aromatic rings. The zero-order chi connectivity index (χ0) is 13.9. The number of carbonyl (C=O) groups excluding carboxylic acids is 1. The Bertz CT molecular complexity index is 354. The van der Waals surface area contributed by atoms with Gasteiger partial charge < -0.3 is 14.9 Å². The second kappa shape index (κ2) is 5.42. The maximum Gasteiger partial charge on any atom is 0.329 e. The lowest BCUT2D eigenvalue weighted by Crippen LogP contribution is -2.56. The van der Waals surface area contributed by atoms with E-state index < -0.39 is 11.5 Å². The summed E-state index contributed by atoms with van der Waals surface area (Å²) >= 11 is 0. The van der Waals surface area contributed by atoms with Crippen LogP contribution in [-0.2, 0) is 4.79 Å². The van der Waals surface area contributed by atoms with Crippen molar-refractivity contribution in [2.45, 2.75) is 45.2 Å². The van der Waals surface area contributed by atoms with Crippen LogP contribution < -0.4 is 0 Å². The van der Waals surface area contributed by atoms with Gasteiger partial charge in [0.05, 0.1) is 0 Å². The largest absolute Gasteiger partial charge is 0.480 e. The van der Waals surface area contributed by atoms with Gasteiger partial charge in [-0.25, -0.2) is 9.59 Å². The monoisotopic (exact) mass is 254 g/mol. The highest BCUT2D eigenvalue weighted by Crippen LogP contribution is 2.30. The fraction of sp³-hybridized carbons (Fsp3) is 0.692. The molecule has 0 aliphatic carbocycles. The van der Waals surface area contributed by atoms with Gasteiger partial charge in [-0.3, -0.25) is 0 Å². The lowest BCUT2D eigenvalue weighted by atomic mass is 9.99. The van der Waals surface area contributed by atoms with E-state index in [1.807, 2.05) is 13.8 Å². The molecule has 5 nitrogen and oxygen atoms in total. The number of urea groups is 1. The molecule has 0 aromatic carbocycles. The Morgan fingerprint density at radius 1 is 1.56 bits per heavy atom. The summed E-state index contributed by atoms with van der Waals surface area (Å²) in [6.07, 6.45) is 2.90. The average Bonchev–Trinajstić information content (AvgIpc) is 2.68. The van der Waals surface area contributed by atoms with Crippen molar-refractivity contribution in [3.8, 4) is 0 Å². The van der Waals surface area contributed by atoms with E-state index in [4.69, 9.17) is 0 Å². The van der Waals surface area contributed by atoms with Crippen LogP contribution in [0, 0.1) is 0 Å². The molecule has 102 valence electrons. The van der Waals surface area contributed by atoms with Crippen molar-refractivity contribution in [1.82, 2.24) is 9.80 Å². The van der Waals surface area contributed by atoms with Gasteiger partial charge in [-0.1, -0.05) is 6.08 Å². The normalized spacial score (nSPS) is 23.2. The van der Waals surface area contributed by atoms with E-state index in [1.165, 1.54) is 4.90 Å². The minimum atomic E-state index is -1.08. The highest BCUT2D eigenvalue weighted by molar-refractivity contribution is 5.86. The third-order valence-corrected chi connectivity index (χ3v) is 3.53. The van der Waals surface area contributed by atoms with Crippen LogP contribution >= 0.6 is 0 Å². The maximum atomic E-state index is 12.4. The number of nitrogens with zero attached hydrogens (tertiary/aromatic N) is 2. The number of hydrogen-bond donors (Lipinski definition) is 1. The molecular formula is C13H22N2O3. The Morgan fingerprint density at radius 2 is 2.17 bits per heavy atom. The van der Waals surface area contributed by atoms with Crippen molar-refractivity contribution >= 4 is 12.0 Å². The number of amides is 2. The molecule has 1 fully saturated rings. The molecule has 1 aliphatic heterocycles. The lowest BCUT2D eigenvalue weighted by Gasteiger charge is -2.37. The third-order valence-electron chi connectivity index (χ3n) is 3.53. The number of carboxylic acid groups (broad SMARTS) is 1. The molecule has 1 atom stereocenters. The highest BCUT2D eigenvalue weighted by atomic mass is 16.4. The Labute approximate surface area is 108 Å². The van der Waals surface area contributed by atoms with Gasteiger partial charge in [0, 0.05) is 19.1 Å². The molecule has 5 heteroatoms. The van der Waals surface area contributed by atoms with E-state index in [9.17, 15) is 14.7 Å². The number of carboxylic acids is 1. The SMILES string of the molecule is C=CCN(C(=O)N1CCCC1(C)C(=O)O)C(C)C. The highest BCUT2D eigenvalue weighted by Gasteiger charge is 2.47. The Hall–Kier alpha value is -1.52. The van der Waals surface area contributed by atoms with Gasteiger partial charge in [-0.2, -0.15) is 0 Å². The zero-order valence-corrected chi connectivity index (χ0v) is 11.3. The van der Waals surface area contributed by atoms with Crippen molar-refractivity contribution in [2.24, 2.45) is 0 Å².